The largest absolute Gasteiger partial charge is 0.443 e. The number of ether oxygens (including phenoxy) is 1. The highest BCUT2D eigenvalue weighted by Crippen LogP contribution is 2.20. The van der Waals surface area contributed by atoms with Gasteiger partial charge in [-0.15, -0.1) is 0 Å². The SMILES string of the molecule is CC(C)(C)OC(=O)N/N=C/c1cn(Cc2ccccc2)nc1-c1cccnc1. The predicted molar refractivity (Wildman–Crippen MR) is 108 cm³/mol. The van der Waals surface area contributed by atoms with Crippen molar-refractivity contribution in [2.24, 2.45) is 5.10 Å². The molecule has 0 fully saturated rings. The zero-order valence-electron chi connectivity index (χ0n) is 16.2. The molecule has 0 atom stereocenters. The fraction of sp³-hybridized carbons (Fsp3) is 0.238. The van der Waals surface area contributed by atoms with Crippen molar-refractivity contribution in [1.29, 1.82) is 0 Å². The fourth-order valence-corrected chi connectivity index (χ4v) is 2.57. The van der Waals surface area contributed by atoms with Gasteiger partial charge < -0.3 is 4.74 Å². The molecule has 0 unspecified atom stereocenters. The number of rotatable bonds is 5. The Morgan fingerprint density at radius 2 is 2.00 bits per heavy atom. The number of hydrogen-bond acceptors (Lipinski definition) is 5. The van der Waals surface area contributed by atoms with Gasteiger partial charge >= 0.3 is 6.09 Å². The monoisotopic (exact) mass is 377 g/mol. The van der Waals surface area contributed by atoms with E-state index in [2.05, 4.69) is 20.6 Å². The third-order valence-electron chi connectivity index (χ3n) is 3.67. The van der Waals surface area contributed by atoms with Crippen molar-refractivity contribution < 1.29 is 9.53 Å². The Hall–Kier alpha value is -3.48. The van der Waals surface area contributed by atoms with Crippen LogP contribution >= 0.6 is 0 Å². The van der Waals surface area contributed by atoms with Crippen LogP contribution in [0.4, 0.5) is 4.79 Å². The highest BCUT2D eigenvalue weighted by Gasteiger charge is 2.15. The van der Waals surface area contributed by atoms with Crippen molar-refractivity contribution in [3.63, 3.8) is 0 Å². The molecule has 1 N–H and O–H groups in total. The van der Waals surface area contributed by atoms with Gasteiger partial charge in [0.15, 0.2) is 0 Å². The number of nitrogens with one attached hydrogen (secondary N) is 1. The van der Waals surface area contributed by atoms with Gasteiger partial charge in [-0.05, 0) is 38.5 Å². The van der Waals surface area contributed by atoms with Gasteiger partial charge in [0.05, 0.1) is 12.8 Å². The van der Waals surface area contributed by atoms with Gasteiger partial charge in [-0.1, -0.05) is 30.3 Å². The Morgan fingerprint density at radius 3 is 2.68 bits per heavy atom. The average Bonchev–Trinajstić information content (AvgIpc) is 3.04. The van der Waals surface area contributed by atoms with Crippen LogP contribution in [0.3, 0.4) is 0 Å². The van der Waals surface area contributed by atoms with Crippen molar-refractivity contribution in [2.45, 2.75) is 32.9 Å². The smallest absolute Gasteiger partial charge is 0.428 e. The minimum atomic E-state index is -0.608. The maximum Gasteiger partial charge on any atom is 0.428 e. The number of amides is 1. The number of aromatic nitrogens is 3. The molecule has 0 saturated heterocycles. The second kappa shape index (κ2) is 8.47. The standard InChI is InChI=1S/C21H23N5O2/c1-21(2,3)28-20(27)24-23-13-18-15-26(14-16-8-5-4-6-9-16)25-19(18)17-10-7-11-22-12-17/h4-13,15H,14H2,1-3H3,(H,24,27)/b23-13+. The van der Waals surface area contributed by atoms with E-state index in [1.54, 1.807) is 39.4 Å². The molecular weight excluding hydrogens is 354 g/mol. The van der Waals surface area contributed by atoms with E-state index in [0.29, 0.717) is 6.54 Å². The molecule has 0 radical (unpaired) electrons. The van der Waals surface area contributed by atoms with Crippen LogP contribution < -0.4 is 5.43 Å². The van der Waals surface area contributed by atoms with Crippen LogP contribution in [0.25, 0.3) is 11.3 Å². The van der Waals surface area contributed by atoms with Crippen LogP contribution in [0, 0.1) is 0 Å². The number of nitrogens with zero attached hydrogens (tertiary/aromatic N) is 4. The van der Waals surface area contributed by atoms with Gasteiger partial charge in [-0.2, -0.15) is 10.2 Å². The van der Waals surface area contributed by atoms with Gasteiger partial charge in [-0.3, -0.25) is 9.67 Å². The first-order valence-electron chi connectivity index (χ1n) is 8.94. The highest BCUT2D eigenvalue weighted by atomic mass is 16.6. The molecule has 144 valence electrons. The summed E-state index contributed by atoms with van der Waals surface area (Å²) in [5, 5.41) is 8.68. The normalized spacial score (nSPS) is 11.5. The molecule has 2 heterocycles. The lowest BCUT2D eigenvalue weighted by atomic mass is 10.1. The van der Waals surface area contributed by atoms with Crippen LogP contribution in [-0.2, 0) is 11.3 Å². The maximum atomic E-state index is 11.8. The number of benzene rings is 1. The van der Waals surface area contributed by atoms with Crippen LogP contribution in [0.5, 0.6) is 0 Å². The van der Waals surface area contributed by atoms with Crippen LogP contribution in [-0.4, -0.2) is 32.7 Å². The minimum Gasteiger partial charge on any atom is -0.443 e. The van der Waals surface area contributed by atoms with Crippen LogP contribution in [0.1, 0.15) is 31.9 Å². The predicted octanol–water partition coefficient (Wildman–Crippen LogP) is 3.85. The zero-order valence-corrected chi connectivity index (χ0v) is 16.2. The van der Waals surface area contributed by atoms with E-state index in [-0.39, 0.29) is 0 Å². The third kappa shape index (κ3) is 5.51. The molecule has 3 rings (SSSR count). The molecule has 0 aliphatic rings. The summed E-state index contributed by atoms with van der Waals surface area (Å²) in [5.74, 6) is 0. The van der Waals surface area contributed by atoms with Crippen LogP contribution in [0.2, 0.25) is 0 Å². The molecule has 0 aliphatic carbocycles. The van der Waals surface area contributed by atoms with E-state index in [0.717, 1.165) is 22.4 Å². The Kier molecular flexibility index (Phi) is 5.84. The topological polar surface area (TPSA) is 81.4 Å². The summed E-state index contributed by atoms with van der Waals surface area (Å²) in [6, 6.07) is 13.8. The summed E-state index contributed by atoms with van der Waals surface area (Å²) >= 11 is 0. The second-order valence-electron chi connectivity index (χ2n) is 7.23. The summed E-state index contributed by atoms with van der Waals surface area (Å²) in [7, 11) is 0. The van der Waals surface area contributed by atoms with Gasteiger partial charge in [0.1, 0.15) is 11.3 Å². The summed E-state index contributed by atoms with van der Waals surface area (Å²) < 4.78 is 7.02. The Morgan fingerprint density at radius 1 is 1.21 bits per heavy atom. The molecule has 7 nitrogen and oxygen atoms in total. The molecule has 28 heavy (non-hydrogen) atoms. The summed E-state index contributed by atoms with van der Waals surface area (Å²) in [5.41, 5.74) is 5.30. The second-order valence-corrected chi connectivity index (χ2v) is 7.23. The van der Waals surface area contributed by atoms with Crippen molar-refractivity contribution in [2.75, 3.05) is 0 Å². The highest BCUT2D eigenvalue weighted by molar-refractivity contribution is 5.88. The van der Waals surface area contributed by atoms with Gasteiger partial charge in [0.25, 0.3) is 0 Å². The fourth-order valence-electron chi connectivity index (χ4n) is 2.57. The van der Waals surface area contributed by atoms with E-state index in [1.807, 2.05) is 53.3 Å². The summed E-state index contributed by atoms with van der Waals surface area (Å²) in [4.78, 5) is 15.9. The third-order valence-corrected chi connectivity index (χ3v) is 3.67. The molecule has 3 aromatic rings. The van der Waals surface area contributed by atoms with Crippen molar-refractivity contribution in [1.82, 2.24) is 20.2 Å². The number of hydrazone groups is 1. The van der Waals surface area contributed by atoms with Crippen molar-refractivity contribution in [3.8, 4) is 11.3 Å². The zero-order chi connectivity index (χ0) is 20.0. The van der Waals surface area contributed by atoms with Gasteiger partial charge in [0.2, 0.25) is 0 Å². The van der Waals surface area contributed by atoms with Crippen LogP contribution in [0.15, 0.2) is 66.2 Å². The number of carbonyl (C=O) groups excluding carboxylic acids is 1. The lowest BCUT2D eigenvalue weighted by molar-refractivity contribution is 0.0529. The molecule has 7 heteroatoms. The molecule has 0 aliphatic heterocycles. The van der Waals surface area contributed by atoms with Gasteiger partial charge in [-0.25, -0.2) is 10.2 Å². The summed E-state index contributed by atoms with van der Waals surface area (Å²) in [6.45, 7) is 6.01. The Balaban J connectivity index is 1.82. The number of carbonyl (C=O) groups is 1. The van der Waals surface area contributed by atoms with E-state index >= 15 is 0 Å². The lowest BCUT2D eigenvalue weighted by Crippen LogP contribution is -2.29. The quantitative estimate of drug-likeness (QED) is 0.541. The molecule has 1 aromatic carbocycles. The Labute approximate surface area is 164 Å². The van der Waals surface area contributed by atoms with E-state index in [9.17, 15) is 4.79 Å². The summed E-state index contributed by atoms with van der Waals surface area (Å²) in [6.07, 6.45) is 6.29. The first-order chi connectivity index (χ1) is 13.4. The van der Waals surface area contributed by atoms with Crippen molar-refractivity contribution in [3.05, 3.63) is 72.2 Å². The van der Waals surface area contributed by atoms with Crippen molar-refractivity contribution >= 4 is 12.3 Å². The van der Waals surface area contributed by atoms with E-state index < -0.39 is 11.7 Å². The molecular formula is C21H23N5O2. The Bertz CT molecular complexity index is 944. The number of pyridine rings is 1. The van der Waals surface area contributed by atoms with E-state index in [1.165, 1.54) is 0 Å². The first-order valence-corrected chi connectivity index (χ1v) is 8.94. The molecule has 0 spiro atoms. The minimum absolute atomic E-state index is 0.582. The molecule has 0 bridgehead atoms. The first kappa shape index (κ1) is 19.3. The van der Waals surface area contributed by atoms with Gasteiger partial charge in [0, 0.05) is 29.7 Å². The van der Waals surface area contributed by atoms with E-state index in [4.69, 9.17) is 4.74 Å². The maximum absolute atomic E-state index is 11.8. The lowest BCUT2D eigenvalue weighted by Gasteiger charge is -2.18. The number of hydrogen-bond donors (Lipinski definition) is 1. The average molecular weight is 377 g/mol. The molecule has 0 saturated carbocycles. The molecule has 2 aromatic heterocycles. The molecule has 1 amide bonds.